The number of ether oxygens (including phenoxy) is 3. The van der Waals surface area contributed by atoms with Gasteiger partial charge in [0.2, 0.25) is 0 Å². The summed E-state index contributed by atoms with van der Waals surface area (Å²) in [5.41, 5.74) is 0.588. The highest BCUT2D eigenvalue weighted by atomic mass is 16.6. The normalized spacial score (nSPS) is 27.8. The standard InChI is InChI=1S/C37H66O8/c1-3-4-5-6-7-8-12-15-18-31(40)33-21-23-35(44-33)36-24-22-34(45-36)32(41)20-19-29(38)16-13-10-9-11-14-17-30(39)26-28-25-27(2)43-37(28)42/h25,27,29-36,38-41H,3-24,26H2,1-2H3. The number of esters is 1. The highest BCUT2D eigenvalue weighted by Crippen LogP contribution is 2.34. The molecule has 3 heterocycles. The molecule has 0 aliphatic carbocycles. The van der Waals surface area contributed by atoms with Crippen molar-refractivity contribution in [2.75, 3.05) is 0 Å². The van der Waals surface area contributed by atoms with E-state index in [0.29, 0.717) is 31.3 Å². The predicted octanol–water partition coefficient (Wildman–Crippen LogP) is 6.83. The Bertz CT molecular complexity index is 833. The SMILES string of the molecule is CCCCCCCCCCC(O)C1CCC(C2CCC(C(O)CCC(O)CCCCCCCC(O)CC3=CC(C)OC3=O)O2)O1. The van der Waals surface area contributed by atoms with Crippen molar-refractivity contribution in [1.29, 1.82) is 0 Å². The van der Waals surface area contributed by atoms with Crippen LogP contribution in [0.15, 0.2) is 11.6 Å². The summed E-state index contributed by atoms with van der Waals surface area (Å²) < 4.78 is 17.6. The summed E-state index contributed by atoms with van der Waals surface area (Å²) in [4.78, 5) is 11.7. The van der Waals surface area contributed by atoms with Crippen LogP contribution in [0.1, 0.15) is 162 Å². The Morgan fingerprint density at radius 1 is 0.644 bits per heavy atom. The van der Waals surface area contributed by atoms with Crippen molar-refractivity contribution in [3.63, 3.8) is 0 Å². The van der Waals surface area contributed by atoms with Crippen LogP contribution in [0.5, 0.6) is 0 Å². The number of aliphatic hydroxyl groups excluding tert-OH is 4. The molecule has 3 rings (SSSR count). The van der Waals surface area contributed by atoms with Crippen LogP contribution >= 0.6 is 0 Å². The molecule has 0 aromatic rings. The van der Waals surface area contributed by atoms with Gasteiger partial charge in [-0.05, 0) is 70.8 Å². The lowest BCUT2D eigenvalue weighted by molar-refractivity contribution is -0.139. The van der Waals surface area contributed by atoms with E-state index in [0.717, 1.165) is 77.0 Å². The number of aliphatic hydroxyl groups is 4. The summed E-state index contributed by atoms with van der Waals surface area (Å²) in [6.07, 6.45) is 21.6. The Kier molecular flexibility index (Phi) is 18.6. The molecule has 2 fully saturated rings. The van der Waals surface area contributed by atoms with Crippen LogP contribution < -0.4 is 0 Å². The Morgan fingerprint density at radius 2 is 1.13 bits per heavy atom. The number of hydrogen-bond acceptors (Lipinski definition) is 8. The number of cyclic esters (lactones) is 1. The lowest BCUT2D eigenvalue weighted by atomic mass is 9.99. The summed E-state index contributed by atoms with van der Waals surface area (Å²) in [5, 5.41) is 42.1. The van der Waals surface area contributed by atoms with Crippen LogP contribution in [0.2, 0.25) is 0 Å². The molecule has 2 saturated heterocycles. The number of carbonyl (C=O) groups is 1. The third-order valence-corrected chi connectivity index (χ3v) is 10.1. The van der Waals surface area contributed by atoms with Crippen molar-refractivity contribution in [2.24, 2.45) is 0 Å². The monoisotopic (exact) mass is 638 g/mol. The van der Waals surface area contributed by atoms with Gasteiger partial charge in [0, 0.05) is 12.0 Å². The van der Waals surface area contributed by atoms with Gasteiger partial charge in [-0.1, -0.05) is 90.4 Å². The maximum absolute atomic E-state index is 11.7. The smallest absolute Gasteiger partial charge is 0.334 e. The fraction of sp³-hybridized carbons (Fsp3) is 0.919. The minimum atomic E-state index is -0.578. The lowest BCUT2D eigenvalue weighted by Crippen LogP contribution is -2.33. The molecule has 0 aromatic heterocycles. The molecule has 9 unspecified atom stereocenters. The number of unbranched alkanes of at least 4 members (excludes halogenated alkanes) is 11. The number of carbonyl (C=O) groups excluding carboxylic acids is 1. The minimum Gasteiger partial charge on any atom is -0.455 e. The first-order chi connectivity index (χ1) is 21.8. The van der Waals surface area contributed by atoms with E-state index in [1.165, 1.54) is 44.9 Å². The second kappa shape index (κ2) is 21.8. The van der Waals surface area contributed by atoms with Crippen LogP contribution in [-0.2, 0) is 19.0 Å². The highest BCUT2D eigenvalue weighted by Gasteiger charge is 2.40. The van der Waals surface area contributed by atoms with E-state index in [-0.39, 0.29) is 36.5 Å². The third kappa shape index (κ3) is 14.7. The molecule has 0 bridgehead atoms. The molecule has 0 amide bonds. The van der Waals surface area contributed by atoms with Crippen LogP contribution in [-0.4, -0.2) is 81.3 Å². The number of hydrogen-bond donors (Lipinski definition) is 4. The second-order valence-electron chi connectivity index (χ2n) is 14.2. The summed E-state index contributed by atoms with van der Waals surface area (Å²) >= 11 is 0. The van der Waals surface area contributed by atoms with E-state index >= 15 is 0 Å². The Balaban J connectivity index is 1.16. The summed E-state index contributed by atoms with van der Waals surface area (Å²) in [7, 11) is 0. The summed E-state index contributed by atoms with van der Waals surface area (Å²) in [6.45, 7) is 4.07. The van der Waals surface area contributed by atoms with Gasteiger partial charge in [-0.3, -0.25) is 0 Å². The second-order valence-corrected chi connectivity index (χ2v) is 14.2. The van der Waals surface area contributed by atoms with Gasteiger partial charge in [0.15, 0.2) is 0 Å². The van der Waals surface area contributed by atoms with Crippen molar-refractivity contribution in [2.45, 2.75) is 216 Å². The van der Waals surface area contributed by atoms with Gasteiger partial charge in [-0.15, -0.1) is 0 Å². The van der Waals surface area contributed by atoms with Crippen molar-refractivity contribution >= 4 is 5.97 Å². The maximum atomic E-state index is 11.7. The number of rotatable bonds is 25. The van der Waals surface area contributed by atoms with E-state index in [1.54, 1.807) is 6.08 Å². The van der Waals surface area contributed by atoms with Crippen molar-refractivity contribution in [3.05, 3.63) is 11.6 Å². The molecule has 0 spiro atoms. The van der Waals surface area contributed by atoms with E-state index in [9.17, 15) is 25.2 Å². The Hall–Kier alpha value is -1.03. The van der Waals surface area contributed by atoms with Gasteiger partial charge in [0.1, 0.15) is 6.10 Å². The van der Waals surface area contributed by atoms with E-state index < -0.39 is 24.4 Å². The first kappa shape index (κ1) is 38.4. The van der Waals surface area contributed by atoms with Gasteiger partial charge in [-0.25, -0.2) is 4.79 Å². The fourth-order valence-corrected chi connectivity index (χ4v) is 7.29. The Labute approximate surface area is 273 Å². The zero-order valence-corrected chi connectivity index (χ0v) is 28.5. The lowest BCUT2D eigenvalue weighted by Gasteiger charge is -2.24. The molecule has 0 aromatic carbocycles. The largest absolute Gasteiger partial charge is 0.455 e. The molecule has 9 atom stereocenters. The third-order valence-electron chi connectivity index (χ3n) is 10.1. The molecule has 3 aliphatic rings. The van der Waals surface area contributed by atoms with Crippen LogP contribution in [0.3, 0.4) is 0 Å². The van der Waals surface area contributed by atoms with Gasteiger partial charge < -0.3 is 34.6 Å². The molecule has 45 heavy (non-hydrogen) atoms. The quantitative estimate of drug-likeness (QED) is 0.0634. The highest BCUT2D eigenvalue weighted by molar-refractivity contribution is 5.90. The van der Waals surface area contributed by atoms with Crippen LogP contribution in [0, 0.1) is 0 Å². The minimum absolute atomic E-state index is 0.00146. The molecule has 4 N–H and O–H groups in total. The zero-order valence-electron chi connectivity index (χ0n) is 28.5. The first-order valence-corrected chi connectivity index (χ1v) is 18.7. The molecule has 0 saturated carbocycles. The fourth-order valence-electron chi connectivity index (χ4n) is 7.29. The van der Waals surface area contributed by atoms with E-state index in [4.69, 9.17) is 14.2 Å². The van der Waals surface area contributed by atoms with Gasteiger partial charge >= 0.3 is 5.97 Å². The van der Waals surface area contributed by atoms with Crippen molar-refractivity contribution < 1.29 is 39.4 Å². The van der Waals surface area contributed by atoms with Crippen molar-refractivity contribution in [1.82, 2.24) is 0 Å². The van der Waals surface area contributed by atoms with E-state index in [1.807, 2.05) is 6.92 Å². The summed E-state index contributed by atoms with van der Waals surface area (Å²) in [5.74, 6) is -0.305. The zero-order chi connectivity index (χ0) is 32.4. The average molecular weight is 639 g/mol. The van der Waals surface area contributed by atoms with Crippen LogP contribution in [0.4, 0.5) is 0 Å². The molecule has 8 nitrogen and oxygen atoms in total. The van der Waals surface area contributed by atoms with Crippen LogP contribution in [0.25, 0.3) is 0 Å². The van der Waals surface area contributed by atoms with E-state index in [2.05, 4.69) is 6.92 Å². The predicted molar refractivity (Wildman–Crippen MR) is 177 cm³/mol. The molecule has 262 valence electrons. The Morgan fingerprint density at radius 3 is 1.67 bits per heavy atom. The molecular formula is C37H66O8. The molecule has 0 radical (unpaired) electrons. The topological polar surface area (TPSA) is 126 Å². The van der Waals surface area contributed by atoms with Gasteiger partial charge in [0.25, 0.3) is 0 Å². The van der Waals surface area contributed by atoms with Gasteiger partial charge in [0.05, 0.1) is 48.8 Å². The maximum Gasteiger partial charge on any atom is 0.334 e. The first-order valence-electron chi connectivity index (χ1n) is 18.7. The van der Waals surface area contributed by atoms with Gasteiger partial charge in [-0.2, -0.15) is 0 Å². The summed E-state index contributed by atoms with van der Waals surface area (Å²) in [6, 6.07) is 0. The van der Waals surface area contributed by atoms with Crippen molar-refractivity contribution in [3.8, 4) is 0 Å². The molecule has 3 aliphatic heterocycles. The molecule has 8 heteroatoms. The average Bonchev–Trinajstić information content (AvgIpc) is 3.77. The molecular weight excluding hydrogens is 572 g/mol.